The van der Waals surface area contributed by atoms with Crippen LogP contribution in [0.5, 0.6) is 0 Å². The molecule has 0 fully saturated rings. The normalized spacial score (nSPS) is 12.1. The van der Waals surface area contributed by atoms with E-state index in [2.05, 4.69) is 68.9 Å². The lowest BCUT2D eigenvalue weighted by Gasteiger charge is -2.27. The van der Waals surface area contributed by atoms with Crippen molar-refractivity contribution < 1.29 is 0 Å². The monoisotopic (exact) mass is 277 g/mol. The summed E-state index contributed by atoms with van der Waals surface area (Å²) < 4.78 is 0. The highest BCUT2D eigenvalue weighted by atomic mass is 15.2. The maximum atomic E-state index is 4.60. The molecule has 1 heterocycles. The van der Waals surface area contributed by atoms with E-state index >= 15 is 0 Å². The van der Waals surface area contributed by atoms with E-state index in [1.54, 1.807) is 0 Å². The van der Waals surface area contributed by atoms with Gasteiger partial charge in [-0.2, -0.15) is 0 Å². The second-order valence-electron chi connectivity index (χ2n) is 6.61. The van der Waals surface area contributed by atoms with Gasteiger partial charge in [-0.05, 0) is 31.4 Å². The third-order valence-electron chi connectivity index (χ3n) is 3.30. The Kier molecular flexibility index (Phi) is 7.17. The van der Waals surface area contributed by atoms with Crippen molar-refractivity contribution in [1.82, 2.24) is 15.2 Å². The minimum absolute atomic E-state index is 0.511. The zero-order chi connectivity index (χ0) is 15.1. The van der Waals surface area contributed by atoms with Crippen LogP contribution in [0.1, 0.15) is 52.8 Å². The Morgan fingerprint density at radius 3 is 2.25 bits per heavy atom. The summed E-state index contributed by atoms with van der Waals surface area (Å²) in [6.45, 7) is 16.3. The van der Waals surface area contributed by atoms with Crippen LogP contribution in [0, 0.1) is 5.92 Å². The van der Waals surface area contributed by atoms with Crippen molar-refractivity contribution in [3.8, 4) is 0 Å². The second-order valence-corrected chi connectivity index (χ2v) is 6.61. The summed E-state index contributed by atoms with van der Waals surface area (Å²) in [5, 5.41) is 3.42. The predicted octanol–water partition coefficient (Wildman–Crippen LogP) is 3.45. The molecule has 3 nitrogen and oxygen atoms in total. The standard InChI is InChI=1S/C17H31N3/c1-13(2)11-20(15(5)6)12-17-8-7-16(10-19-17)9-18-14(3)4/h7-8,10,13-15,18H,9,11-12H2,1-6H3. The molecule has 20 heavy (non-hydrogen) atoms. The number of hydrogen-bond acceptors (Lipinski definition) is 3. The molecule has 0 aliphatic heterocycles. The van der Waals surface area contributed by atoms with Crippen molar-refractivity contribution in [1.29, 1.82) is 0 Å². The summed E-state index contributed by atoms with van der Waals surface area (Å²) in [5.41, 5.74) is 2.41. The Hall–Kier alpha value is -0.930. The van der Waals surface area contributed by atoms with Gasteiger partial charge in [0.1, 0.15) is 0 Å². The van der Waals surface area contributed by atoms with Crippen LogP contribution in [-0.4, -0.2) is 28.5 Å². The maximum Gasteiger partial charge on any atom is 0.0544 e. The molecule has 0 aliphatic rings. The molecule has 1 aromatic heterocycles. The molecular weight excluding hydrogens is 246 g/mol. The number of nitrogens with one attached hydrogen (secondary N) is 1. The number of aromatic nitrogens is 1. The predicted molar refractivity (Wildman–Crippen MR) is 86.6 cm³/mol. The highest BCUT2D eigenvalue weighted by Gasteiger charge is 2.12. The van der Waals surface area contributed by atoms with Gasteiger partial charge in [0.25, 0.3) is 0 Å². The lowest BCUT2D eigenvalue weighted by molar-refractivity contribution is 0.187. The molecule has 0 bridgehead atoms. The first-order valence-electron chi connectivity index (χ1n) is 7.79. The number of nitrogens with zero attached hydrogens (tertiary/aromatic N) is 2. The first-order chi connectivity index (χ1) is 9.38. The smallest absolute Gasteiger partial charge is 0.0544 e. The van der Waals surface area contributed by atoms with Crippen molar-refractivity contribution in [2.75, 3.05) is 6.54 Å². The highest BCUT2D eigenvalue weighted by molar-refractivity contribution is 5.14. The molecule has 0 atom stereocenters. The topological polar surface area (TPSA) is 28.2 Å². The van der Waals surface area contributed by atoms with Gasteiger partial charge in [0.05, 0.1) is 5.69 Å². The lowest BCUT2D eigenvalue weighted by Crippen LogP contribution is -2.33. The van der Waals surface area contributed by atoms with Crippen LogP contribution in [0.25, 0.3) is 0 Å². The fraction of sp³-hybridized carbons (Fsp3) is 0.706. The average Bonchev–Trinajstić information content (AvgIpc) is 2.36. The molecule has 0 aliphatic carbocycles. The van der Waals surface area contributed by atoms with E-state index in [1.165, 1.54) is 5.56 Å². The zero-order valence-corrected chi connectivity index (χ0v) is 14.0. The van der Waals surface area contributed by atoms with Gasteiger partial charge in [0.15, 0.2) is 0 Å². The van der Waals surface area contributed by atoms with E-state index in [1.807, 2.05) is 6.20 Å². The van der Waals surface area contributed by atoms with Crippen LogP contribution in [0.2, 0.25) is 0 Å². The second kappa shape index (κ2) is 8.38. The van der Waals surface area contributed by atoms with Gasteiger partial charge >= 0.3 is 0 Å². The third kappa shape index (κ3) is 6.49. The molecule has 0 radical (unpaired) electrons. The summed E-state index contributed by atoms with van der Waals surface area (Å²) in [7, 11) is 0. The molecule has 114 valence electrons. The molecule has 0 saturated carbocycles. The van der Waals surface area contributed by atoms with Gasteiger partial charge in [-0.15, -0.1) is 0 Å². The third-order valence-corrected chi connectivity index (χ3v) is 3.30. The SMILES string of the molecule is CC(C)CN(Cc1ccc(CNC(C)C)cn1)C(C)C. The number of hydrogen-bond donors (Lipinski definition) is 1. The van der Waals surface area contributed by atoms with Gasteiger partial charge in [0.2, 0.25) is 0 Å². The van der Waals surface area contributed by atoms with Crippen LogP contribution < -0.4 is 5.32 Å². The molecule has 1 N–H and O–H groups in total. The van der Waals surface area contributed by atoms with Gasteiger partial charge in [0, 0.05) is 37.9 Å². The van der Waals surface area contributed by atoms with E-state index in [0.29, 0.717) is 18.0 Å². The number of pyridine rings is 1. The van der Waals surface area contributed by atoms with Gasteiger partial charge in [-0.25, -0.2) is 0 Å². The molecule has 0 saturated heterocycles. The minimum Gasteiger partial charge on any atom is -0.310 e. The van der Waals surface area contributed by atoms with Crippen molar-refractivity contribution >= 4 is 0 Å². The van der Waals surface area contributed by atoms with Gasteiger partial charge in [-0.3, -0.25) is 9.88 Å². The van der Waals surface area contributed by atoms with Crippen molar-refractivity contribution in [2.24, 2.45) is 5.92 Å². The van der Waals surface area contributed by atoms with Crippen LogP contribution in [-0.2, 0) is 13.1 Å². The first-order valence-corrected chi connectivity index (χ1v) is 7.79. The Morgan fingerprint density at radius 1 is 1.10 bits per heavy atom. The maximum absolute atomic E-state index is 4.60. The Balaban J connectivity index is 2.58. The fourth-order valence-corrected chi connectivity index (χ4v) is 2.11. The molecule has 0 aromatic carbocycles. The van der Waals surface area contributed by atoms with E-state index < -0.39 is 0 Å². The average molecular weight is 277 g/mol. The summed E-state index contributed by atoms with van der Waals surface area (Å²) >= 11 is 0. The summed E-state index contributed by atoms with van der Waals surface area (Å²) in [6.07, 6.45) is 2.00. The first kappa shape index (κ1) is 17.1. The Morgan fingerprint density at radius 2 is 1.80 bits per heavy atom. The summed E-state index contributed by atoms with van der Waals surface area (Å²) in [4.78, 5) is 7.09. The van der Waals surface area contributed by atoms with Crippen molar-refractivity contribution in [3.05, 3.63) is 29.6 Å². The van der Waals surface area contributed by atoms with Gasteiger partial charge < -0.3 is 5.32 Å². The van der Waals surface area contributed by atoms with E-state index in [4.69, 9.17) is 0 Å². The molecule has 1 aromatic rings. The summed E-state index contributed by atoms with van der Waals surface area (Å²) in [6, 6.07) is 5.41. The quantitative estimate of drug-likeness (QED) is 0.789. The Labute approximate surface area is 124 Å². The van der Waals surface area contributed by atoms with Crippen LogP contribution in [0.15, 0.2) is 18.3 Å². The van der Waals surface area contributed by atoms with Crippen LogP contribution in [0.3, 0.4) is 0 Å². The molecule has 0 amide bonds. The molecule has 1 rings (SSSR count). The van der Waals surface area contributed by atoms with E-state index in [9.17, 15) is 0 Å². The molecule has 3 heteroatoms. The van der Waals surface area contributed by atoms with E-state index in [0.717, 1.165) is 25.3 Å². The largest absolute Gasteiger partial charge is 0.310 e. The molecule has 0 unspecified atom stereocenters. The fourth-order valence-electron chi connectivity index (χ4n) is 2.11. The van der Waals surface area contributed by atoms with Gasteiger partial charge in [-0.1, -0.05) is 33.8 Å². The minimum atomic E-state index is 0.511. The molecular formula is C17H31N3. The van der Waals surface area contributed by atoms with Crippen molar-refractivity contribution in [2.45, 2.75) is 66.7 Å². The zero-order valence-electron chi connectivity index (χ0n) is 14.0. The Bertz CT molecular complexity index is 368. The molecule has 0 spiro atoms. The van der Waals surface area contributed by atoms with Crippen LogP contribution in [0.4, 0.5) is 0 Å². The summed E-state index contributed by atoms with van der Waals surface area (Å²) in [5.74, 6) is 0.687. The van der Waals surface area contributed by atoms with E-state index in [-0.39, 0.29) is 0 Å². The van der Waals surface area contributed by atoms with Crippen molar-refractivity contribution in [3.63, 3.8) is 0 Å². The lowest BCUT2D eigenvalue weighted by atomic mass is 10.1. The highest BCUT2D eigenvalue weighted by Crippen LogP contribution is 2.10. The number of rotatable bonds is 8. The van der Waals surface area contributed by atoms with Crippen LogP contribution >= 0.6 is 0 Å².